The first-order chi connectivity index (χ1) is 15.3. The summed E-state index contributed by atoms with van der Waals surface area (Å²) in [5.41, 5.74) is 0.384. The lowest BCUT2D eigenvalue weighted by atomic mass is 9.95. The fourth-order valence-electron chi connectivity index (χ4n) is 3.84. The predicted molar refractivity (Wildman–Crippen MR) is 118 cm³/mol. The Bertz CT molecular complexity index is 1060. The van der Waals surface area contributed by atoms with Gasteiger partial charge in [0.15, 0.2) is 0 Å². The maximum atomic E-state index is 13.0. The van der Waals surface area contributed by atoms with Crippen molar-refractivity contribution in [3.63, 3.8) is 0 Å². The SMILES string of the molecule is CCN(CC)CCN1C(=O)C(=O)/C(=C(\O)c2ccc([N+](=O)[O-])cc2)C1c1cccc(O)c1. The average molecular weight is 439 g/mol. The molecule has 2 aromatic carbocycles. The number of non-ortho nitro benzene ring substituents is 1. The van der Waals surface area contributed by atoms with Gasteiger partial charge in [0.2, 0.25) is 0 Å². The number of likely N-dealkylation sites (tertiary alicyclic amines) is 1. The maximum Gasteiger partial charge on any atom is 0.295 e. The van der Waals surface area contributed by atoms with Gasteiger partial charge in [0.25, 0.3) is 17.4 Å². The number of carbonyl (C=O) groups excluding carboxylic acids is 2. The first-order valence-electron chi connectivity index (χ1n) is 10.3. The largest absolute Gasteiger partial charge is 0.508 e. The highest BCUT2D eigenvalue weighted by Crippen LogP contribution is 2.40. The maximum absolute atomic E-state index is 13.0. The van der Waals surface area contributed by atoms with E-state index >= 15 is 0 Å². The van der Waals surface area contributed by atoms with Gasteiger partial charge in [0.05, 0.1) is 16.5 Å². The molecule has 1 atom stereocenters. The molecule has 1 heterocycles. The number of hydrogen-bond donors (Lipinski definition) is 2. The second kappa shape index (κ2) is 9.61. The number of phenols is 1. The van der Waals surface area contributed by atoms with Crippen molar-refractivity contribution in [2.75, 3.05) is 26.2 Å². The van der Waals surface area contributed by atoms with Crippen LogP contribution >= 0.6 is 0 Å². The lowest BCUT2D eigenvalue weighted by Crippen LogP contribution is -2.38. The van der Waals surface area contributed by atoms with Crippen molar-refractivity contribution in [1.82, 2.24) is 9.80 Å². The summed E-state index contributed by atoms with van der Waals surface area (Å²) in [7, 11) is 0. The third kappa shape index (κ3) is 4.47. The van der Waals surface area contributed by atoms with Crippen LogP contribution in [0, 0.1) is 10.1 Å². The number of carbonyl (C=O) groups is 2. The molecule has 1 unspecified atom stereocenters. The highest BCUT2D eigenvalue weighted by Gasteiger charge is 2.46. The molecule has 0 saturated carbocycles. The first kappa shape index (κ1) is 23.0. The molecule has 1 aliphatic rings. The average Bonchev–Trinajstić information content (AvgIpc) is 3.04. The summed E-state index contributed by atoms with van der Waals surface area (Å²) in [5, 5.41) is 31.9. The quantitative estimate of drug-likeness (QED) is 0.213. The minimum absolute atomic E-state index is 0.0350. The first-order valence-corrected chi connectivity index (χ1v) is 10.3. The molecule has 0 aromatic heterocycles. The van der Waals surface area contributed by atoms with E-state index in [4.69, 9.17) is 0 Å². The summed E-state index contributed by atoms with van der Waals surface area (Å²) in [6, 6.07) is 10.4. The van der Waals surface area contributed by atoms with Crippen LogP contribution in [-0.4, -0.2) is 62.8 Å². The molecule has 1 amide bonds. The van der Waals surface area contributed by atoms with Crippen LogP contribution in [0.1, 0.15) is 31.0 Å². The Morgan fingerprint density at radius 2 is 1.78 bits per heavy atom. The number of nitro benzene ring substituents is 1. The number of nitro groups is 1. The van der Waals surface area contributed by atoms with E-state index in [9.17, 15) is 29.9 Å². The minimum atomic E-state index is -0.896. The molecule has 0 aliphatic carbocycles. The Balaban J connectivity index is 2.09. The number of amides is 1. The molecular formula is C23H25N3O6. The molecule has 32 heavy (non-hydrogen) atoms. The summed E-state index contributed by atoms with van der Waals surface area (Å²) in [6.07, 6.45) is 0. The van der Waals surface area contributed by atoms with Crippen LogP contribution in [-0.2, 0) is 9.59 Å². The molecule has 2 aromatic rings. The number of aromatic hydroxyl groups is 1. The van der Waals surface area contributed by atoms with E-state index in [1.54, 1.807) is 12.1 Å². The molecule has 0 radical (unpaired) electrons. The fourth-order valence-corrected chi connectivity index (χ4v) is 3.84. The Labute approximate surface area is 185 Å². The smallest absolute Gasteiger partial charge is 0.295 e. The van der Waals surface area contributed by atoms with Crippen LogP contribution < -0.4 is 0 Å². The summed E-state index contributed by atoms with van der Waals surface area (Å²) in [5.74, 6) is -2.04. The van der Waals surface area contributed by atoms with Gasteiger partial charge in [-0.2, -0.15) is 0 Å². The monoisotopic (exact) mass is 439 g/mol. The molecule has 1 aliphatic heterocycles. The van der Waals surface area contributed by atoms with Gasteiger partial charge in [0.1, 0.15) is 11.5 Å². The van der Waals surface area contributed by atoms with Gasteiger partial charge < -0.3 is 20.0 Å². The number of aliphatic hydroxyl groups excluding tert-OH is 1. The van der Waals surface area contributed by atoms with Crippen LogP contribution in [0.5, 0.6) is 5.75 Å². The normalized spacial score (nSPS) is 17.8. The Morgan fingerprint density at radius 3 is 2.34 bits per heavy atom. The second-order valence-corrected chi connectivity index (χ2v) is 7.42. The number of phenolic OH excluding ortho intramolecular Hbond substituents is 1. The zero-order chi connectivity index (χ0) is 23.4. The van der Waals surface area contributed by atoms with Gasteiger partial charge in [0, 0.05) is 30.8 Å². The van der Waals surface area contributed by atoms with Crippen molar-refractivity contribution in [3.8, 4) is 5.75 Å². The van der Waals surface area contributed by atoms with Gasteiger partial charge in [-0.25, -0.2) is 0 Å². The van der Waals surface area contributed by atoms with Gasteiger partial charge in [-0.05, 0) is 42.9 Å². The van der Waals surface area contributed by atoms with E-state index in [2.05, 4.69) is 4.90 Å². The van der Waals surface area contributed by atoms with E-state index in [1.165, 1.54) is 41.3 Å². The van der Waals surface area contributed by atoms with Gasteiger partial charge in [-0.1, -0.05) is 26.0 Å². The number of likely N-dealkylation sites (N-methyl/N-ethyl adjacent to an activating group) is 1. The van der Waals surface area contributed by atoms with E-state index in [0.29, 0.717) is 12.1 Å². The highest BCUT2D eigenvalue weighted by molar-refractivity contribution is 6.46. The lowest BCUT2D eigenvalue weighted by molar-refractivity contribution is -0.384. The number of hydrogen-bond acceptors (Lipinski definition) is 7. The minimum Gasteiger partial charge on any atom is -0.508 e. The number of Topliss-reactive ketones (excluding diaryl/α,β-unsaturated/α-hetero) is 1. The number of benzene rings is 2. The molecule has 3 rings (SSSR count). The second-order valence-electron chi connectivity index (χ2n) is 7.42. The van der Waals surface area contributed by atoms with Crippen molar-refractivity contribution in [2.24, 2.45) is 0 Å². The standard InChI is InChI=1S/C23H25N3O6/c1-3-24(4-2)12-13-25-20(16-6-5-7-18(27)14-16)19(22(29)23(25)30)21(28)15-8-10-17(11-9-15)26(31)32/h5-11,14,20,27-28H,3-4,12-13H2,1-2H3/b21-19-. The molecule has 0 bridgehead atoms. The zero-order valence-electron chi connectivity index (χ0n) is 17.9. The van der Waals surface area contributed by atoms with Crippen LogP contribution in [0.15, 0.2) is 54.1 Å². The van der Waals surface area contributed by atoms with Gasteiger partial charge in [-0.3, -0.25) is 19.7 Å². The number of ketones is 1. The highest BCUT2D eigenvalue weighted by atomic mass is 16.6. The van der Waals surface area contributed by atoms with E-state index in [-0.39, 0.29) is 29.1 Å². The van der Waals surface area contributed by atoms with E-state index in [1.807, 2.05) is 13.8 Å². The van der Waals surface area contributed by atoms with Crippen LogP contribution in [0.25, 0.3) is 5.76 Å². The molecule has 9 nitrogen and oxygen atoms in total. The molecule has 168 valence electrons. The predicted octanol–water partition coefficient (Wildman–Crippen LogP) is 3.06. The van der Waals surface area contributed by atoms with Gasteiger partial charge >= 0.3 is 0 Å². The summed E-state index contributed by atoms with van der Waals surface area (Å²) < 4.78 is 0. The van der Waals surface area contributed by atoms with Crippen molar-refractivity contribution >= 4 is 23.1 Å². The number of nitrogens with zero attached hydrogens (tertiary/aromatic N) is 3. The molecule has 0 spiro atoms. The molecular weight excluding hydrogens is 414 g/mol. The zero-order valence-corrected chi connectivity index (χ0v) is 17.9. The van der Waals surface area contributed by atoms with Crippen LogP contribution in [0.2, 0.25) is 0 Å². The van der Waals surface area contributed by atoms with Crippen molar-refractivity contribution in [3.05, 3.63) is 75.3 Å². The third-order valence-electron chi connectivity index (χ3n) is 5.63. The van der Waals surface area contributed by atoms with Crippen LogP contribution in [0.3, 0.4) is 0 Å². The Hall–Kier alpha value is -3.72. The molecule has 1 saturated heterocycles. The van der Waals surface area contributed by atoms with Gasteiger partial charge in [-0.15, -0.1) is 0 Å². The van der Waals surface area contributed by atoms with Crippen LogP contribution in [0.4, 0.5) is 5.69 Å². The fraction of sp³-hybridized carbons (Fsp3) is 0.304. The lowest BCUT2D eigenvalue weighted by Gasteiger charge is -2.28. The van der Waals surface area contributed by atoms with E-state index < -0.39 is 28.4 Å². The third-order valence-corrected chi connectivity index (χ3v) is 5.63. The summed E-state index contributed by atoms with van der Waals surface area (Å²) >= 11 is 0. The van der Waals surface area contributed by atoms with Crippen molar-refractivity contribution in [1.29, 1.82) is 0 Å². The number of aliphatic hydroxyl groups is 1. The van der Waals surface area contributed by atoms with Crippen molar-refractivity contribution < 1.29 is 24.7 Å². The molecule has 9 heteroatoms. The topological polar surface area (TPSA) is 124 Å². The Kier molecular flexibility index (Phi) is 6.89. The molecule has 2 N–H and O–H groups in total. The summed E-state index contributed by atoms with van der Waals surface area (Å²) in [6.45, 7) is 6.34. The number of rotatable bonds is 8. The Morgan fingerprint density at radius 1 is 1.12 bits per heavy atom. The summed E-state index contributed by atoms with van der Waals surface area (Å²) in [4.78, 5) is 39.7. The molecule has 1 fully saturated rings. The van der Waals surface area contributed by atoms with E-state index in [0.717, 1.165) is 13.1 Å². The van der Waals surface area contributed by atoms with Crippen molar-refractivity contribution in [2.45, 2.75) is 19.9 Å².